The summed E-state index contributed by atoms with van der Waals surface area (Å²) in [6, 6.07) is 16.4. The van der Waals surface area contributed by atoms with Crippen molar-refractivity contribution in [2.75, 3.05) is 32.9 Å². The van der Waals surface area contributed by atoms with E-state index < -0.39 is 17.5 Å². The maximum absolute atomic E-state index is 12.7. The molecule has 0 radical (unpaired) electrons. The number of benzene rings is 2. The fourth-order valence-corrected chi connectivity index (χ4v) is 5.27. The largest absolute Gasteiger partial charge is 0.481 e. The minimum absolute atomic E-state index is 0.00218. The number of aliphatic carboxylic acids is 1. The van der Waals surface area contributed by atoms with Gasteiger partial charge in [-0.15, -0.1) is 0 Å². The Balaban J connectivity index is 1.26. The normalized spacial score (nSPS) is 20.2. The van der Waals surface area contributed by atoms with Gasteiger partial charge < -0.3 is 19.5 Å². The first-order chi connectivity index (χ1) is 14.6. The number of hydrogen-bond donors (Lipinski definition) is 1. The predicted molar refractivity (Wildman–Crippen MR) is 110 cm³/mol. The summed E-state index contributed by atoms with van der Waals surface area (Å²) < 4.78 is 11.0. The quantitative estimate of drug-likeness (QED) is 0.835. The van der Waals surface area contributed by atoms with Crippen molar-refractivity contribution in [2.24, 2.45) is 11.3 Å². The van der Waals surface area contributed by atoms with E-state index in [1.54, 1.807) is 0 Å². The summed E-state index contributed by atoms with van der Waals surface area (Å²) in [6.45, 7) is 1.85. The Morgan fingerprint density at radius 2 is 1.57 bits per heavy atom. The maximum Gasteiger partial charge on any atom is 0.409 e. The van der Waals surface area contributed by atoms with Gasteiger partial charge in [0.15, 0.2) is 0 Å². The molecule has 6 heteroatoms. The van der Waals surface area contributed by atoms with E-state index in [9.17, 15) is 14.7 Å². The Morgan fingerprint density at radius 3 is 2.13 bits per heavy atom. The smallest absolute Gasteiger partial charge is 0.409 e. The number of nitrogens with zero attached hydrogens (tertiary/aromatic N) is 1. The predicted octanol–water partition coefficient (Wildman–Crippen LogP) is 3.75. The Labute approximate surface area is 175 Å². The first kappa shape index (κ1) is 19.1. The molecular formula is C24H25NO5. The average Bonchev–Trinajstić information content (AvgIpc) is 3.06. The van der Waals surface area contributed by atoms with Gasteiger partial charge in [-0.05, 0) is 41.0 Å². The van der Waals surface area contributed by atoms with Crippen LogP contribution in [0.1, 0.15) is 29.9 Å². The van der Waals surface area contributed by atoms with Crippen LogP contribution in [0, 0.1) is 11.3 Å². The molecule has 2 aromatic carbocycles. The molecule has 2 heterocycles. The van der Waals surface area contributed by atoms with Crippen molar-refractivity contribution in [3.63, 3.8) is 0 Å². The number of carbonyl (C=O) groups excluding carboxylic acids is 1. The fraction of sp³-hybridized carbons (Fsp3) is 0.417. The second kappa shape index (κ2) is 7.43. The third-order valence-electron chi connectivity index (χ3n) is 6.97. The molecule has 2 fully saturated rings. The highest BCUT2D eigenvalue weighted by Gasteiger charge is 2.56. The second-order valence-electron chi connectivity index (χ2n) is 8.51. The van der Waals surface area contributed by atoms with Crippen LogP contribution in [0.4, 0.5) is 4.79 Å². The van der Waals surface area contributed by atoms with Gasteiger partial charge in [0, 0.05) is 32.2 Å². The van der Waals surface area contributed by atoms with Crippen molar-refractivity contribution in [2.45, 2.75) is 18.8 Å². The van der Waals surface area contributed by atoms with E-state index in [2.05, 4.69) is 24.3 Å². The van der Waals surface area contributed by atoms with E-state index >= 15 is 0 Å². The number of carboxylic acid groups (broad SMARTS) is 1. The van der Waals surface area contributed by atoms with Crippen LogP contribution >= 0.6 is 0 Å². The average molecular weight is 407 g/mol. The number of amides is 1. The van der Waals surface area contributed by atoms with Crippen molar-refractivity contribution in [1.82, 2.24) is 4.90 Å². The molecule has 5 rings (SSSR count). The van der Waals surface area contributed by atoms with E-state index in [1.807, 2.05) is 24.3 Å². The van der Waals surface area contributed by atoms with Gasteiger partial charge in [0.1, 0.15) is 12.0 Å². The molecule has 1 aliphatic carbocycles. The van der Waals surface area contributed by atoms with E-state index in [0.29, 0.717) is 13.2 Å². The SMILES string of the molecule is O=C(OCC1c2ccccc2-c2ccccc21)N1CC(C(=O)O)(C2CCOCC2)C1. The molecule has 3 aliphatic rings. The van der Waals surface area contributed by atoms with Gasteiger partial charge in [-0.2, -0.15) is 0 Å². The molecule has 2 aromatic rings. The van der Waals surface area contributed by atoms with Crippen LogP contribution in [0.15, 0.2) is 48.5 Å². The zero-order valence-corrected chi connectivity index (χ0v) is 16.8. The van der Waals surface area contributed by atoms with Crippen LogP contribution in [-0.4, -0.2) is 55.0 Å². The number of ether oxygens (including phenoxy) is 2. The summed E-state index contributed by atoms with van der Waals surface area (Å²) in [4.78, 5) is 26.2. The van der Waals surface area contributed by atoms with Gasteiger partial charge >= 0.3 is 12.1 Å². The lowest BCUT2D eigenvalue weighted by Crippen LogP contribution is -2.66. The van der Waals surface area contributed by atoms with Crippen molar-refractivity contribution in [3.8, 4) is 11.1 Å². The highest BCUT2D eigenvalue weighted by Crippen LogP contribution is 2.46. The molecule has 0 aromatic heterocycles. The van der Waals surface area contributed by atoms with Gasteiger partial charge in [0.05, 0.1) is 0 Å². The number of rotatable bonds is 4. The standard InChI is InChI=1S/C24H25NO5/c26-22(27)24(16-9-11-29-12-10-16)14-25(15-24)23(28)30-13-21-19-7-3-1-5-17(19)18-6-2-4-8-20(18)21/h1-8,16,21H,9-15H2,(H,26,27). The van der Waals surface area contributed by atoms with E-state index in [1.165, 1.54) is 16.0 Å². The maximum atomic E-state index is 12.7. The van der Waals surface area contributed by atoms with Crippen LogP contribution in [-0.2, 0) is 14.3 Å². The summed E-state index contributed by atoms with van der Waals surface area (Å²) in [5.74, 6) is -0.777. The Kier molecular flexibility index (Phi) is 4.74. The topological polar surface area (TPSA) is 76.1 Å². The molecule has 0 spiro atoms. The second-order valence-corrected chi connectivity index (χ2v) is 8.51. The molecule has 2 aliphatic heterocycles. The molecule has 0 saturated carbocycles. The molecule has 30 heavy (non-hydrogen) atoms. The van der Waals surface area contributed by atoms with Crippen molar-refractivity contribution in [3.05, 3.63) is 59.7 Å². The number of likely N-dealkylation sites (tertiary alicyclic amines) is 1. The lowest BCUT2D eigenvalue weighted by Gasteiger charge is -2.51. The van der Waals surface area contributed by atoms with Gasteiger partial charge in [0.2, 0.25) is 0 Å². The van der Waals surface area contributed by atoms with E-state index in [-0.39, 0.29) is 31.5 Å². The summed E-state index contributed by atoms with van der Waals surface area (Å²) in [5.41, 5.74) is 3.83. The molecular weight excluding hydrogens is 382 g/mol. The summed E-state index contributed by atoms with van der Waals surface area (Å²) >= 11 is 0. The number of carbonyl (C=O) groups is 2. The molecule has 1 amide bonds. The fourth-order valence-electron chi connectivity index (χ4n) is 5.27. The lowest BCUT2D eigenvalue weighted by molar-refractivity contribution is -0.169. The summed E-state index contributed by atoms with van der Waals surface area (Å²) in [5, 5.41) is 9.84. The third-order valence-corrected chi connectivity index (χ3v) is 6.97. The Hall–Kier alpha value is -2.86. The van der Waals surface area contributed by atoms with Gasteiger partial charge in [-0.25, -0.2) is 4.79 Å². The highest BCUT2D eigenvalue weighted by molar-refractivity contribution is 5.81. The molecule has 156 valence electrons. The van der Waals surface area contributed by atoms with Crippen LogP contribution in [0.3, 0.4) is 0 Å². The van der Waals surface area contributed by atoms with Crippen molar-refractivity contribution in [1.29, 1.82) is 0 Å². The molecule has 6 nitrogen and oxygen atoms in total. The molecule has 0 unspecified atom stereocenters. The first-order valence-corrected chi connectivity index (χ1v) is 10.5. The van der Waals surface area contributed by atoms with Crippen molar-refractivity contribution >= 4 is 12.1 Å². The zero-order valence-electron chi connectivity index (χ0n) is 16.8. The molecule has 1 N–H and O–H groups in total. The number of carboxylic acids is 1. The monoisotopic (exact) mass is 407 g/mol. The molecule has 0 atom stereocenters. The minimum atomic E-state index is -0.866. The Morgan fingerprint density at radius 1 is 1.00 bits per heavy atom. The van der Waals surface area contributed by atoms with Gasteiger partial charge in [0.25, 0.3) is 0 Å². The van der Waals surface area contributed by atoms with E-state index in [0.717, 1.165) is 24.0 Å². The molecule has 0 bridgehead atoms. The number of fused-ring (bicyclic) bond motifs is 3. The molecule has 2 saturated heterocycles. The van der Waals surface area contributed by atoms with Crippen LogP contribution in [0.25, 0.3) is 11.1 Å². The first-order valence-electron chi connectivity index (χ1n) is 10.5. The third kappa shape index (κ3) is 2.98. The van der Waals surface area contributed by atoms with Gasteiger partial charge in [-0.1, -0.05) is 48.5 Å². The van der Waals surface area contributed by atoms with Gasteiger partial charge in [-0.3, -0.25) is 4.79 Å². The summed E-state index contributed by atoms with van der Waals surface area (Å²) in [7, 11) is 0. The van der Waals surface area contributed by atoms with Crippen LogP contribution in [0.5, 0.6) is 0 Å². The van der Waals surface area contributed by atoms with E-state index in [4.69, 9.17) is 9.47 Å². The Bertz CT molecular complexity index is 930. The van der Waals surface area contributed by atoms with Crippen LogP contribution < -0.4 is 0 Å². The van der Waals surface area contributed by atoms with Crippen LogP contribution in [0.2, 0.25) is 0 Å². The highest BCUT2D eigenvalue weighted by atomic mass is 16.6. The number of hydrogen-bond acceptors (Lipinski definition) is 4. The minimum Gasteiger partial charge on any atom is -0.481 e. The van der Waals surface area contributed by atoms with Crippen molar-refractivity contribution < 1.29 is 24.2 Å². The zero-order chi connectivity index (χ0) is 20.7. The summed E-state index contributed by atoms with van der Waals surface area (Å²) in [6.07, 6.45) is 1.02. The lowest BCUT2D eigenvalue weighted by atomic mass is 9.66.